The van der Waals surface area contributed by atoms with E-state index < -0.39 is 0 Å². The molecule has 0 unspecified atom stereocenters. The van der Waals surface area contributed by atoms with Crippen molar-refractivity contribution in [3.05, 3.63) is 0 Å². The molecule has 0 aromatic carbocycles. The fourth-order valence-corrected chi connectivity index (χ4v) is 4.70. The summed E-state index contributed by atoms with van der Waals surface area (Å²) in [5, 5.41) is 0. The van der Waals surface area contributed by atoms with E-state index in [4.69, 9.17) is 0 Å². The van der Waals surface area contributed by atoms with Gasteiger partial charge in [-0.15, -0.1) is 0 Å². The van der Waals surface area contributed by atoms with Crippen molar-refractivity contribution < 1.29 is 24.8 Å². The molecule has 4 aliphatic rings. The van der Waals surface area contributed by atoms with Crippen LogP contribution >= 0.6 is 0 Å². The number of halogens is 2. The van der Waals surface area contributed by atoms with Gasteiger partial charge in [0, 0.05) is 0 Å². The van der Waals surface area contributed by atoms with Gasteiger partial charge in [0.15, 0.2) is 0 Å². The van der Waals surface area contributed by atoms with Crippen LogP contribution in [-0.4, -0.2) is 23.1 Å². The Bertz CT molecular complexity index is 168. The average Bonchev–Trinajstić information content (AvgIpc) is 2.02. The van der Waals surface area contributed by atoms with Crippen LogP contribution in [0.25, 0.3) is 0 Å². The van der Waals surface area contributed by atoms with Gasteiger partial charge in [0.05, 0.1) is 0 Å². The zero-order valence-electron chi connectivity index (χ0n) is 9.59. The van der Waals surface area contributed by atoms with Gasteiger partial charge in [0.25, 0.3) is 0 Å². The summed E-state index contributed by atoms with van der Waals surface area (Å²) in [6, 6.07) is 0. The van der Waals surface area contributed by atoms with Gasteiger partial charge in [-0.2, -0.15) is 0 Å². The first-order valence-electron chi connectivity index (χ1n) is 5.86. The van der Waals surface area contributed by atoms with Crippen molar-refractivity contribution in [2.45, 2.75) is 45.4 Å². The molecule has 4 fully saturated rings. The maximum absolute atomic E-state index is 2.41. The van der Waals surface area contributed by atoms with Gasteiger partial charge < -0.3 is 24.8 Å². The summed E-state index contributed by atoms with van der Waals surface area (Å²) in [7, 11) is 0. The van der Waals surface area contributed by atoms with Crippen LogP contribution in [0, 0.1) is 29.6 Å². The molecule has 15 heavy (non-hydrogen) atoms. The molecule has 0 saturated heterocycles. The van der Waals surface area contributed by atoms with Gasteiger partial charge in [-0.25, -0.2) is 0 Å². The van der Waals surface area contributed by atoms with E-state index in [1.165, 1.54) is 6.42 Å². The number of rotatable bonds is 1. The second kappa shape index (κ2) is 6.33. The third-order valence-electron chi connectivity index (χ3n) is 4.89. The standard InChI is InChI=1S/C12H20.2ClH.Mg/c1-2-12-10-4-8-3-9(6-10)7-11(12)5-8;;;/h8-12H,2-7H2,1H3;2*1H;/q;;;+2/p-2. The quantitative estimate of drug-likeness (QED) is 0.443. The van der Waals surface area contributed by atoms with Crippen molar-refractivity contribution >= 4 is 23.1 Å². The summed E-state index contributed by atoms with van der Waals surface area (Å²) in [6.45, 7) is 2.41. The molecular weight excluding hydrogens is 239 g/mol. The Labute approximate surface area is 122 Å². The molecule has 0 atom stereocenters. The first kappa shape index (κ1) is 16.3. The van der Waals surface area contributed by atoms with Crippen molar-refractivity contribution in [1.29, 1.82) is 0 Å². The molecule has 0 aliphatic heterocycles. The Morgan fingerprint density at radius 3 is 1.53 bits per heavy atom. The van der Waals surface area contributed by atoms with Crippen molar-refractivity contribution in [3.63, 3.8) is 0 Å². The van der Waals surface area contributed by atoms with E-state index in [2.05, 4.69) is 6.92 Å². The number of hydrogen-bond donors (Lipinski definition) is 0. The van der Waals surface area contributed by atoms with Crippen LogP contribution in [0.1, 0.15) is 45.4 Å². The van der Waals surface area contributed by atoms with E-state index in [9.17, 15) is 0 Å². The summed E-state index contributed by atoms with van der Waals surface area (Å²) in [5.74, 6) is 5.78. The zero-order chi connectivity index (χ0) is 8.13. The Hall–Kier alpha value is 1.35. The summed E-state index contributed by atoms with van der Waals surface area (Å²) < 4.78 is 0. The minimum Gasteiger partial charge on any atom is -1.00 e. The van der Waals surface area contributed by atoms with Crippen molar-refractivity contribution in [2.75, 3.05) is 0 Å². The van der Waals surface area contributed by atoms with E-state index in [1.807, 2.05) is 0 Å². The van der Waals surface area contributed by atoms with Crippen LogP contribution in [0.2, 0.25) is 0 Å². The second-order valence-electron chi connectivity index (χ2n) is 5.50. The molecule has 4 bridgehead atoms. The Morgan fingerprint density at radius 1 is 0.800 bits per heavy atom. The monoisotopic (exact) mass is 258 g/mol. The fourth-order valence-electron chi connectivity index (χ4n) is 4.70. The molecule has 0 spiro atoms. The molecule has 0 N–H and O–H groups in total. The van der Waals surface area contributed by atoms with E-state index in [0.29, 0.717) is 0 Å². The largest absolute Gasteiger partial charge is 2.00 e. The van der Waals surface area contributed by atoms with Crippen molar-refractivity contribution in [1.82, 2.24) is 0 Å². The summed E-state index contributed by atoms with van der Waals surface area (Å²) >= 11 is 0. The molecule has 0 radical (unpaired) electrons. The Morgan fingerprint density at radius 2 is 1.20 bits per heavy atom. The van der Waals surface area contributed by atoms with Gasteiger partial charge >= 0.3 is 23.1 Å². The molecule has 4 aliphatic carbocycles. The predicted molar refractivity (Wildman–Crippen MR) is 56.6 cm³/mol. The van der Waals surface area contributed by atoms with Crippen LogP contribution in [0.15, 0.2) is 0 Å². The van der Waals surface area contributed by atoms with Crippen LogP contribution in [0.4, 0.5) is 0 Å². The van der Waals surface area contributed by atoms with Crippen molar-refractivity contribution in [2.24, 2.45) is 29.6 Å². The summed E-state index contributed by atoms with van der Waals surface area (Å²) in [6.07, 6.45) is 9.48. The first-order chi connectivity index (χ1) is 5.86. The fraction of sp³-hybridized carbons (Fsp3) is 1.00. The minimum atomic E-state index is 0. The summed E-state index contributed by atoms with van der Waals surface area (Å²) in [4.78, 5) is 0. The van der Waals surface area contributed by atoms with Crippen molar-refractivity contribution in [3.8, 4) is 0 Å². The maximum atomic E-state index is 2.41. The second-order valence-corrected chi connectivity index (χ2v) is 5.50. The number of hydrogen-bond acceptors (Lipinski definition) is 0. The molecule has 4 saturated carbocycles. The van der Waals surface area contributed by atoms with Crippen LogP contribution in [-0.2, 0) is 0 Å². The van der Waals surface area contributed by atoms with Gasteiger partial charge in [0.2, 0.25) is 0 Å². The Kier molecular flexibility index (Phi) is 6.89. The zero-order valence-corrected chi connectivity index (χ0v) is 12.5. The van der Waals surface area contributed by atoms with Gasteiger partial charge in [0.1, 0.15) is 0 Å². The third kappa shape index (κ3) is 2.78. The summed E-state index contributed by atoms with van der Waals surface area (Å²) in [5.41, 5.74) is 0. The molecule has 0 amide bonds. The topological polar surface area (TPSA) is 0 Å². The van der Waals surface area contributed by atoms with E-state index in [0.717, 1.165) is 29.6 Å². The van der Waals surface area contributed by atoms with E-state index >= 15 is 0 Å². The van der Waals surface area contributed by atoms with Gasteiger partial charge in [-0.05, 0) is 61.7 Å². The maximum Gasteiger partial charge on any atom is 2.00 e. The predicted octanol–water partition coefficient (Wildman–Crippen LogP) is -2.90. The van der Waals surface area contributed by atoms with Gasteiger partial charge in [-0.3, -0.25) is 0 Å². The molecular formula is C12H20Cl2Mg. The molecule has 0 nitrogen and oxygen atoms in total. The average molecular weight is 260 g/mol. The van der Waals surface area contributed by atoms with E-state index in [1.54, 1.807) is 32.1 Å². The molecule has 0 aromatic heterocycles. The van der Waals surface area contributed by atoms with Gasteiger partial charge in [-0.1, -0.05) is 13.3 Å². The third-order valence-corrected chi connectivity index (χ3v) is 4.89. The van der Waals surface area contributed by atoms with Crippen LogP contribution in [0.3, 0.4) is 0 Å². The first-order valence-corrected chi connectivity index (χ1v) is 5.86. The molecule has 4 rings (SSSR count). The molecule has 0 heterocycles. The molecule has 0 aromatic rings. The molecule has 3 heteroatoms. The normalized spacial score (nSPS) is 45.0. The van der Waals surface area contributed by atoms with E-state index in [-0.39, 0.29) is 47.9 Å². The SMILES string of the molecule is CCC1C2CC3CC(C2)CC1C3.[Cl-].[Cl-].[Mg+2]. The minimum absolute atomic E-state index is 0. The Balaban J connectivity index is 0.000000653. The smallest absolute Gasteiger partial charge is 1.00 e. The van der Waals surface area contributed by atoms with Crippen LogP contribution in [0.5, 0.6) is 0 Å². The van der Waals surface area contributed by atoms with Crippen LogP contribution < -0.4 is 24.8 Å². The molecule has 84 valence electrons.